The molecule has 0 aromatic heterocycles. The summed E-state index contributed by atoms with van der Waals surface area (Å²) in [5.74, 6) is 1.03. The van der Waals surface area contributed by atoms with Crippen LogP contribution in [0, 0.1) is 0 Å². The molecule has 5 nitrogen and oxygen atoms in total. The van der Waals surface area contributed by atoms with Gasteiger partial charge in [-0.3, -0.25) is 9.59 Å². The van der Waals surface area contributed by atoms with Gasteiger partial charge >= 0.3 is 0 Å². The topological polar surface area (TPSA) is 64.6 Å². The van der Waals surface area contributed by atoms with E-state index >= 15 is 0 Å². The Balaban J connectivity index is 1.88. The van der Waals surface area contributed by atoms with Crippen LogP contribution in [-0.4, -0.2) is 24.9 Å². The average Bonchev–Trinajstić information content (AvgIpc) is 2.65. The first-order chi connectivity index (χ1) is 13.0. The number of ketones is 1. The standard InChI is InChI=1S/C21H24ClNO4/c1-3-26-20-12-16(6-10-19(20)27-14-15(2)24)7-11-21(25)23-13-17-4-8-18(22)9-5-17/h4-6,8-10,12H,3,7,11,13-14H2,1-2H3,(H,23,25). The molecule has 0 heterocycles. The lowest BCUT2D eigenvalue weighted by atomic mass is 10.1. The second-order valence-corrected chi connectivity index (χ2v) is 6.54. The smallest absolute Gasteiger partial charge is 0.220 e. The molecule has 0 aliphatic carbocycles. The van der Waals surface area contributed by atoms with Gasteiger partial charge in [0.2, 0.25) is 5.91 Å². The quantitative estimate of drug-likeness (QED) is 0.668. The van der Waals surface area contributed by atoms with Crippen LogP contribution in [0.25, 0.3) is 0 Å². The molecule has 2 aromatic rings. The lowest BCUT2D eigenvalue weighted by Crippen LogP contribution is -2.22. The molecule has 144 valence electrons. The third-order valence-corrected chi connectivity index (χ3v) is 4.03. The summed E-state index contributed by atoms with van der Waals surface area (Å²) in [5, 5.41) is 3.57. The fraction of sp³-hybridized carbons (Fsp3) is 0.333. The Bertz CT molecular complexity index is 774. The second kappa shape index (κ2) is 10.6. The SMILES string of the molecule is CCOc1cc(CCC(=O)NCc2ccc(Cl)cc2)ccc1OCC(C)=O. The van der Waals surface area contributed by atoms with E-state index in [2.05, 4.69) is 5.32 Å². The minimum atomic E-state index is -0.0566. The molecule has 0 saturated carbocycles. The van der Waals surface area contributed by atoms with Crippen LogP contribution in [0.2, 0.25) is 5.02 Å². The van der Waals surface area contributed by atoms with Crippen molar-refractivity contribution < 1.29 is 19.1 Å². The lowest BCUT2D eigenvalue weighted by molar-refractivity contribution is -0.121. The number of carbonyl (C=O) groups is 2. The van der Waals surface area contributed by atoms with Gasteiger partial charge in [-0.05, 0) is 55.7 Å². The Morgan fingerprint density at radius 3 is 2.37 bits per heavy atom. The van der Waals surface area contributed by atoms with E-state index in [9.17, 15) is 9.59 Å². The maximum Gasteiger partial charge on any atom is 0.220 e. The van der Waals surface area contributed by atoms with Gasteiger partial charge in [-0.15, -0.1) is 0 Å². The van der Waals surface area contributed by atoms with Gasteiger partial charge in [-0.2, -0.15) is 0 Å². The molecule has 0 aliphatic rings. The normalized spacial score (nSPS) is 10.3. The van der Waals surface area contributed by atoms with Gasteiger partial charge in [0.25, 0.3) is 0 Å². The second-order valence-electron chi connectivity index (χ2n) is 6.11. The van der Waals surface area contributed by atoms with Crippen molar-refractivity contribution in [2.24, 2.45) is 0 Å². The van der Waals surface area contributed by atoms with Crippen LogP contribution in [-0.2, 0) is 22.6 Å². The van der Waals surface area contributed by atoms with Crippen LogP contribution < -0.4 is 14.8 Å². The van der Waals surface area contributed by atoms with E-state index in [0.29, 0.717) is 42.5 Å². The lowest BCUT2D eigenvalue weighted by Gasteiger charge is -2.13. The van der Waals surface area contributed by atoms with E-state index < -0.39 is 0 Å². The van der Waals surface area contributed by atoms with Crippen molar-refractivity contribution in [3.05, 3.63) is 58.6 Å². The number of hydrogen-bond donors (Lipinski definition) is 1. The van der Waals surface area contributed by atoms with E-state index in [1.165, 1.54) is 6.92 Å². The predicted molar refractivity (Wildman–Crippen MR) is 105 cm³/mol. The van der Waals surface area contributed by atoms with Gasteiger partial charge in [0, 0.05) is 18.0 Å². The summed E-state index contributed by atoms with van der Waals surface area (Å²) >= 11 is 5.85. The maximum atomic E-state index is 12.1. The summed E-state index contributed by atoms with van der Waals surface area (Å²) in [4.78, 5) is 23.2. The molecule has 2 rings (SSSR count). The summed E-state index contributed by atoms with van der Waals surface area (Å²) in [5.41, 5.74) is 1.97. The zero-order chi connectivity index (χ0) is 19.6. The van der Waals surface area contributed by atoms with Gasteiger partial charge in [-0.25, -0.2) is 0 Å². The summed E-state index contributed by atoms with van der Waals surface area (Å²) < 4.78 is 11.0. The number of hydrogen-bond acceptors (Lipinski definition) is 4. The van der Waals surface area contributed by atoms with Crippen molar-refractivity contribution >= 4 is 23.3 Å². The summed E-state index contributed by atoms with van der Waals surface area (Å²) in [6.07, 6.45) is 0.951. The number of carbonyl (C=O) groups excluding carboxylic acids is 2. The minimum absolute atomic E-state index is 0.00647. The minimum Gasteiger partial charge on any atom is -0.490 e. The first-order valence-electron chi connectivity index (χ1n) is 8.87. The zero-order valence-corrected chi connectivity index (χ0v) is 16.3. The molecule has 0 saturated heterocycles. The third-order valence-electron chi connectivity index (χ3n) is 3.78. The Morgan fingerprint density at radius 2 is 1.70 bits per heavy atom. The van der Waals surface area contributed by atoms with Gasteiger partial charge in [0.15, 0.2) is 17.3 Å². The molecular formula is C21H24ClNO4. The highest BCUT2D eigenvalue weighted by molar-refractivity contribution is 6.30. The predicted octanol–water partition coefficient (Wildman–Crippen LogP) is 3.96. The van der Waals surface area contributed by atoms with Crippen LogP contribution >= 0.6 is 11.6 Å². The van der Waals surface area contributed by atoms with Crippen LogP contribution in [0.4, 0.5) is 0 Å². The molecule has 1 amide bonds. The van der Waals surface area contributed by atoms with Gasteiger partial charge in [0.1, 0.15) is 6.61 Å². The van der Waals surface area contributed by atoms with Crippen molar-refractivity contribution in [2.45, 2.75) is 33.2 Å². The Labute approximate surface area is 164 Å². The molecule has 6 heteroatoms. The van der Waals surface area contributed by atoms with Crippen LogP contribution in [0.1, 0.15) is 31.4 Å². The van der Waals surface area contributed by atoms with Gasteiger partial charge < -0.3 is 14.8 Å². The molecule has 0 fully saturated rings. The maximum absolute atomic E-state index is 12.1. The molecule has 0 unspecified atom stereocenters. The Morgan fingerprint density at radius 1 is 1.00 bits per heavy atom. The molecule has 0 bridgehead atoms. The van der Waals surface area contributed by atoms with Crippen molar-refractivity contribution in [1.29, 1.82) is 0 Å². The van der Waals surface area contributed by atoms with Crippen molar-refractivity contribution in [1.82, 2.24) is 5.32 Å². The fourth-order valence-electron chi connectivity index (χ4n) is 2.42. The zero-order valence-electron chi connectivity index (χ0n) is 15.6. The number of benzene rings is 2. The summed E-state index contributed by atoms with van der Waals surface area (Å²) in [7, 11) is 0. The number of amides is 1. The first-order valence-corrected chi connectivity index (χ1v) is 9.25. The molecule has 0 spiro atoms. The number of halogens is 1. The molecule has 0 radical (unpaired) electrons. The average molecular weight is 390 g/mol. The largest absolute Gasteiger partial charge is 0.490 e. The molecular weight excluding hydrogens is 366 g/mol. The number of nitrogens with one attached hydrogen (secondary N) is 1. The first kappa shape index (κ1) is 20.8. The Hall–Kier alpha value is -2.53. The van der Waals surface area contributed by atoms with Crippen LogP contribution in [0.3, 0.4) is 0 Å². The third kappa shape index (κ3) is 7.31. The van der Waals surface area contributed by atoms with Crippen LogP contribution in [0.5, 0.6) is 11.5 Å². The molecule has 0 aliphatic heterocycles. The molecule has 1 N–H and O–H groups in total. The van der Waals surface area contributed by atoms with Crippen molar-refractivity contribution in [3.8, 4) is 11.5 Å². The van der Waals surface area contributed by atoms with E-state index in [1.54, 1.807) is 18.2 Å². The fourth-order valence-corrected chi connectivity index (χ4v) is 2.55. The monoisotopic (exact) mass is 389 g/mol. The Kier molecular flexibility index (Phi) is 8.14. The number of Topliss-reactive ketones (excluding diaryl/α,β-unsaturated/α-hetero) is 1. The molecule has 2 aromatic carbocycles. The highest BCUT2D eigenvalue weighted by atomic mass is 35.5. The highest BCUT2D eigenvalue weighted by Gasteiger charge is 2.09. The van der Waals surface area contributed by atoms with Crippen LogP contribution in [0.15, 0.2) is 42.5 Å². The van der Waals surface area contributed by atoms with E-state index in [4.69, 9.17) is 21.1 Å². The summed E-state index contributed by atoms with van der Waals surface area (Å²) in [6.45, 7) is 4.31. The van der Waals surface area contributed by atoms with Crippen molar-refractivity contribution in [2.75, 3.05) is 13.2 Å². The van der Waals surface area contributed by atoms with E-state index in [0.717, 1.165) is 11.1 Å². The van der Waals surface area contributed by atoms with Crippen molar-refractivity contribution in [3.63, 3.8) is 0 Å². The molecule has 27 heavy (non-hydrogen) atoms. The summed E-state index contributed by atoms with van der Waals surface area (Å²) in [6, 6.07) is 12.9. The number of rotatable bonds is 10. The van der Waals surface area contributed by atoms with E-state index in [1.807, 2.05) is 31.2 Å². The number of ether oxygens (including phenoxy) is 2. The van der Waals surface area contributed by atoms with Gasteiger partial charge in [-0.1, -0.05) is 29.8 Å². The van der Waals surface area contributed by atoms with Gasteiger partial charge in [0.05, 0.1) is 6.61 Å². The van der Waals surface area contributed by atoms with E-state index in [-0.39, 0.29) is 18.3 Å². The molecule has 0 atom stereocenters. The number of aryl methyl sites for hydroxylation is 1. The highest BCUT2D eigenvalue weighted by Crippen LogP contribution is 2.29.